The summed E-state index contributed by atoms with van der Waals surface area (Å²) in [6, 6.07) is 3.90. The van der Waals surface area contributed by atoms with Crippen LogP contribution in [0.5, 0.6) is 0 Å². The van der Waals surface area contributed by atoms with E-state index in [2.05, 4.69) is 0 Å². The maximum atomic E-state index is 13.0. The number of carbonyl (C=O) groups is 4. The summed E-state index contributed by atoms with van der Waals surface area (Å²) in [4.78, 5) is 55.6. The van der Waals surface area contributed by atoms with Gasteiger partial charge in [-0.05, 0) is 36.1 Å². The van der Waals surface area contributed by atoms with E-state index in [4.69, 9.17) is 27.9 Å². The van der Waals surface area contributed by atoms with E-state index in [1.165, 1.54) is 27.9 Å². The van der Waals surface area contributed by atoms with Gasteiger partial charge in [0, 0.05) is 45.2 Å². The van der Waals surface area contributed by atoms with Gasteiger partial charge < -0.3 is 24.5 Å². The first-order valence-corrected chi connectivity index (χ1v) is 12.6. The third-order valence-electron chi connectivity index (χ3n) is 6.41. The quantitative estimate of drug-likeness (QED) is 0.438. The Morgan fingerprint density at radius 3 is 2.56 bits per heavy atom. The van der Waals surface area contributed by atoms with Crippen molar-refractivity contribution in [3.63, 3.8) is 0 Å². The Hall–Kier alpha value is -2.62. The van der Waals surface area contributed by atoms with Crippen molar-refractivity contribution >= 4 is 53.0 Å². The molecule has 0 bridgehead atoms. The maximum Gasteiger partial charge on any atom is 0.329 e. The van der Waals surface area contributed by atoms with Crippen LogP contribution in [-0.2, 0) is 23.9 Å². The average Bonchev–Trinajstić information content (AvgIpc) is 3.03. The number of aliphatic hydroxyl groups is 1. The lowest BCUT2D eigenvalue weighted by atomic mass is 9.97. The fraction of sp³-hybridized carbons (Fsp3) is 0.520. The summed E-state index contributed by atoms with van der Waals surface area (Å²) < 4.78 is 4.90. The molecule has 3 rings (SSSR count). The molecule has 1 unspecified atom stereocenters. The summed E-state index contributed by atoms with van der Waals surface area (Å²) in [5.41, 5.74) is 0.701. The minimum atomic E-state index is -1.11. The Kier molecular flexibility index (Phi) is 9.76. The second kappa shape index (κ2) is 12.6. The Bertz CT molecular complexity index is 1020. The lowest BCUT2D eigenvalue weighted by molar-refractivity contribution is -0.156. The van der Waals surface area contributed by atoms with Crippen LogP contribution in [0.3, 0.4) is 0 Å². The lowest BCUT2D eigenvalue weighted by Gasteiger charge is -2.36. The summed E-state index contributed by atoms with van der Waals surface area (Å²) in [6.07, 6.45) is 2.75. The van der Waals surface area contributed by atoms with Gasteiger partial charge in [0.25, 0.3) is 0 Å². The van der Waals surface area contributed by atoms with Gasteiger partial charge in [-0.3, -0.25) is 14.4 Å². The first-order valence-electron chi connectivity index (χ1n) is 11.8. The van der Waals surface area contributed by atoms with Crippen molar-refractivity contribution in [2.45, 2.75) is 38.3 Å². The molecule has 0 aliphatic carbocycles. The van der Waals surface area contributed by atoms with Crippen molar-refractivity contribution in [2.75, 3.05) is 39.8 Å². The highest BCUT2D eigenvalue weighted by Gasteiger charge is 2.37. The monoisotopic (exact) mass is 539 g/mol. The normalized spacial score (nSPS) is 21.9. The zero-order valence-electron chi connectivity index (χ0n) is 20.4. The minimum Gasteiger partial charge on any atom is -0.467 e. The van der Waals surface area contributed by atoms with E-state index in [1.807, 2.05) is 6.92 Å². The van der Waals surface area contributed by atoms with Crippen LogP contribution >= 0.6 is 23.2 Å². The number of piperidine rings is 1. The standard InChI is InChI=1S/C25H31Cl2N3O6/c1-16-11-18(31)15-29(14-16)24(34)13-21(25(35)36-2)30-10-9-28(8-7-23(30)33)22(32)6-4-17-3-5-19(26)20(27)12-17/h3-6,12,16,18,21,31H,7-11,13-15H2,1-2H3/b6-4+/t16-,18-,21?/m0/s1. The number of ether oxygens (including phenoxy) is 1. The second-order valence-corrected chi connectivity index (χ2v) is 10.0. The van der Waals surface area contributed by atoms with Gasteiger partial charge in [0.1, 0.15) is 6.04 Å². The molecule has 1 N–H and O–H groups in total. The fourth-order valence-electron chi connectivity index (χ4n) is 4.55. The van der Waals surface area contributed by atoms with E-state index in [9.17, 15) is 24.3 Å². The van der Waals surface area contributed by atoms with Crippen molar-refractivity contribution in [3.05, 3.63) is 39.9 Å². The van der Waals surface area contributed by atoms with Gasteiger partial charge in [-0.25, -0.2) is 4.79 Å². The molecule has 2 aliphatic heterocycles. The maximum absolute atomic E-state index is 13.0. The smallest absolute Gasteiger partial charge is 0.329 e. The summed E-state index contributed by atoms with van der Waals surface area (Å²) in [7, 11) is 1.21. The molecule has 9 nitrogen and oxygen atoms in total. The third kappa shape index (κ3) is 7.21. The van der Waals surface area contributed by atoms with Gasteiger partial charge in [0.05, 0.1) is 29.7 Å². The molecule has 11 heteroatoms. The van der Waals surface area contributed by atoms with Crippen molar-refractivity contribution in [2.24, 2.45) is 5.92 Å². The molecule has 3 amide bonds. The number of carbonyl (C=O) groups excluding carboxylic acids is 4. The number of nitrogens with zero attached hydrogens (tertiary/aromatic N) is 3. The number of esters is 1. The predicted molar refractivity (Wildman–Crippen MR) is 135 cm³/mol. The summed E-state index contributed by atoms with van der Waals surface area (Å²) >= 11 is 11.9. The zero-order valence-corrected chi connectivity index (χ0v) is 21.9. The lowest BCUT2D eigenvalue weighted by Crippen LogP contribution is -2.51. The molecule has 2 aliphatic rings. The predicted octanol–water partition coefficient (Wildman–Crippen LogP) is 2.23. The number of β-amino-alcohol motifs (C(OH)–C–C–N with tert-alkyl or cyclic N) is 1. The van der Waals surface area contributed by atoms with Crippen molar-refractivity contribution in [3.8, 4) is 0 Å². The van der Waals surface area contributed by atoms with E-state index in [-0.39, 0.29) is 62.7 Å². The Morgan fingerprint density at radius 2 is 1.89 bits per heavy atom. The van der Waals surface area contributed by atoms with Gasteiger partial charge in [-0.2, -0.15) is 0 Å². The number of halogens is 2. The topological polar surface area (TPSA) is 107 Å². The highest BCUT2D eigenvalue weighted by Crippen LogP contribution is 2.23. The first-order chi connectivity index (χ1) is 17.1. The van der Waals surface area contributed by atoms with Gasteiger partial charge in [-0.1, -0.05) is 36.2 Å². The molecule has 0 radical (unpaired) electrons. The SMILES string of the molecule is COC(=O)C(CC(=O)N1C[C@@H](C)C[C@H](O)C1)N1CCN(C(=O)/C=C/c2ccc(Cl)c(Cl)c2)CCC1=O. The number of hydrogen-bond acceptors (Lipinski definition) is 6. The third-order valence-corrected chi connectivity index (χ3v) is 7.15. The van der Waals surface area contributed by atoms with E-state index in [1.54, 1.807) is 24.3 Å². The molecule has 0 aromatic heterocycles. The molecule has 2 saturated heterocycles. The molecular formula is C25H31Cl2N3O6. The number of hydrogen-bond donors (Lipinski definition) is 1. The Labute approximate surface area is 220 Å². The molecule has 1 aromatic carbocycles. The van der Waals surface area contributed by atoms with Crippen LogP contribution in [0.4, 0.5) is 0 Å². The molecule has 196 valence electrons. The van der Waals surface area contributed by atoms with Crippen LogP contribution in [0, 0.1) is 5.92 Å². The van der Waals surface area contributed by atoms with Crippen LogP contribution in [0.15, 0.2) is 24.3 Å². The molecule has 3 atom stereocenters. The van der Waals surface area contributed by atoms with Gasteiger partial charge in [-0.15, -0.1) is 0 Å². The van der Waals surface area contributed by atoms with E-state index < -0.39 is 18.1 Å². The van der Waals surface area contributed by atoms with Crippen LogP contribution in [0.2, 0.25) is 10.0 Å². The van der Waals surface area contributed by atoms with E-state index >= 15 is 0 Å². The molecular weight excluding hydrogens is 509 g/mol. The number of methoxy groups -OCH3 is 1. The van der Waals surface area contributed by atoms with Crippen molar-refractivity contribution < 1.29 is 29.0 Å². The molecule has 2 heterocycles. The zero-order chi connectivity index (χ0) is 26.4. The first kappa shape index (κ1) is 28.0. The number of benzene rings is 1. The largest absolute Gasteiger partial charge is 0.467 e. The molecule has 2 fully saturated rings. The molecule has 36 heavy (non-hydrogen) atoms. The van der Waals surface area contributed by atoms with Gasteiger partial charge in [0.15, 0.2) is 0 Å². The van der Waals surface area contributed by atoms with Crippen LogP contribution in [0.25, 0.3) is 6.08 Å². The molecule has 1 aromatic rings. The molecule has 0 spiro atoms. The highest BCUT2D eigenvalue weighted by molar-refractivity contribution is 6.42. The van der Waals surface area contributed by atoms with Crippen LogP contribution in [-0.4, -0.2) is 95.5 Å². The second-order valence-electron chi connectivity index (χ2n) is 9.21. The number of likely N-dealkylation sites (tertiary alicyclic amines) is 1. The van der Waals surface area contributed by atoms with Crippen molar-refractivity contribution in [1.82, 2.24) is 14.7 Å². The van der Waals surface area contributed by atoms with Crippen molar-refractivity contribution in [1.29, 1.82) is 0 Å². The highest BCUT2D eigenvalue weighted by atomic mass is 35.5. The van der Waals surface area contributed by atoms with Gasteiger partial charge >= 0.3 is 5.97 Å². The van der Waals surface area contributed by atoms with Crippen LogP contribution in [0.1, 0.15) is 31.7 Å². The average molecular weight is 540 g/mol. The number of amides is 3. The van der Waals surface area contributed by atoms with Crippen LogP contribution < -0.4 is 0 Å². The number of rotatable bonds is 6. The Balaban J connectivity index is 1.67. The molecule has 0 saturated carbocycles. The van der Waals surface area contributed by atoms with E-state index in [0.717, 1.165) is 0 Å². The summed E-state index contributed by atoms with van der Waals surface area (Å²) in [6.45, 7) is 3.07. The number of aliphatic hydroxyl groups excluding tert-OH is 1. The summed E-state index contributed by atoms with van der Waals surface area (Å²) in [5, 5.41) is 10.8. The Morgan fingerprint density at radius 1 is 1.14 bits per heavy atom. The minimum absolute atomic E-state index is 0.00744. The van der Waals surface area contributed by atoms with E-state index in [0.29, 0.717) is 28.6 Å². The fourth-order valence-corrected chi connectivity index (χ4v) is 4.86. The van der Waals surface area contributed by atoms with Gasteiger partial charge in [0.2, 0.25) is 17.7 Å². The summed E-state index contributed by atoms with van der Waals surface area (Å²) in [5.74, 6) is -1.52.